The zero-order chi connectivity index (χ0) is 13.1. The van der Waals surface area contributed by atoms with E-state index in [-0.39, 0.29) is 29.6 Å². The highest BCUT2D eigenvalue weighted by molar-refractivity contribution is 9.10. The molecule has 0 bridgehead atoms. The number of hydrogen-bond donors (Lipinski definition) is 1. The van der Waals surface area contributed by atoms with Gasteiger partial charge in [0.2, 0.25) is 10.0 Å². The van der Waals surface area contributed by atoms with Gasteiger partial charge in [0.05, 0.1) is 11.6 Å². The van der Waals surface area contributed by atoms with E-state index in [1.807, 2.05) is 0 Å². The Hall–Kier alpha value is -0.140. The van der Waals surface area contributed by atoms with Crippen molar-refractivity contribution in [1.82, 2.24) is 4.31 Å². The van der Waals surface area contributed by atoms with E-state index in [2.05, 4.69) is 15.9 Å². The van der Waals surface area contributed by atoms with Crippen LogP contribution in [0.4, 0.5) is 0 Å². The number of likely N-dealkylation sites (N-methyl/N-ethyl adjacent to an activating group) is 1. The summed E-state index contributed by atoms with van der Waals surface area (Å²) >= 11 is 9.13. The third kappa shape index (κ3) is 3.42. The average Bonchev–Trinajstić information content (AvgIpc) is 2.24. The van der Waals surface area contributed by atoms with Gasteiger partial charge in [-0.3, -0.25) is 0 Å². The van der Waals surface area contributed by atoms with Crippen molar-refractivity contribution < 1.29 is 13.5 Å². The second-order valence-corrected chi connectivity index (χ2v) is 6.52. The number of hydrogen-bond acceptors (Lipinski definition) is 3. The van der Waals surface area contributed by atoms with Gasteiger partial charge in [-0.1, -0.05) is 34.5 Å². The topological polar surface area (TPSA) is 57.6 Å². The third-order valence-electron chi connectivity index (χ3n) is 2.21. The molecule has 0 spiro atoms. The minimum atomic E-state index is -3.64. The molecule has 0 radical (unpaired) electrons. The molecule has 0 amide bonds. The van der Waals surface area contributed by atoms with Crippen LogP contribution in [0, 0.1) is 0 Å². The lowest BCUT2D eigenvalue weighted by molar-refractivity contribution is 0.257. The molecule has 0 aliphatic rings. The molecule has 0 fully saturated rings. The zero-order valence-electron chi connectivity index (χ0n) is 9.23. The highest BCUT2D eigenvalue weighted by atomic mass is 79.9. The number of halogens is 2. The Morgan fingerprint density at radius 1 is 1.47 bits per heavy atom. The Kier molecular flexibility index (Phi) is 5.40. The summed E-state index contributed by atoms with van der Waals surface area (Å²) in [7, 11) is -3.64. The highest BCUT2D eigenvalue weighted by Gasteiger charge is 2.24. The van der Waals surface area contributed by atoms with Crippen LogP contribution in [0.3, 0.4) is 0 Å². The normalized spacial score (nSPS) is 12.1. The van der Waals surface area contributed by atoms with Crippen LogP contribution >= 0.6 is 27.5 Å². The van der Waals surface area contributed by atoms with E-state index in [1.165, 1.54) is 16.4 Å². The molecule has 17 heavy (non-hydrogen) atoms. The fourth-order valence-corrected chi connectivity index (χ4v) is 3.83. The minimum Gasteiger partial charge on any atom is -0.395 e. The number of benzene rings is 1. The van der Waals surface area contributed by atoms with Crippen molar-refractivity contribution in [3.05, 3.63) is 27.7 Å². The van der Waals surface area contributed by atoms with Crippen LogP contribution in [-0.2, 0) is 10.0 Å². The standard InChI is InChI=1S/C10H13BrClNO3S/c1-2-13(5-6-14)17(15,16)10-4-3-8(11)7-9(10)12/h3-4,7,14H,2,5-6H2,1H3. The van der Waals surface area contributed by atoms with Gasteiger partial charge >= 0.3 is 0 Å². The SMILES string of the molecule is CCN(CCO)S(=O)(=O)c1ccc(Br)cc1Cl. The van der Waals surface area contributed by atoms with Gasteiger partial charge in [0, 0.05) is 17.6 Å². The van der Waals surface area contributed by atoms with E-state index in [9.17, 15) is 8.42 Å². The van der Waals surface area contributed by atoms with Gasteiger partial charge in [0.25, 0.3) is 0 Å². The first-order chi connectivity index (χ1) is 7.93. The van der Waals surface area contributed by atoms with Crippen LogP contribution in [0.25, 0.3) is 0 Å². The molecule has 1 aromatic rings. The predicted molar refractivity (Wildman–Crippen MR) is 70.7 cm³/mol. The third-order valence-corrected chi connectivity index (χ3v) is 5.16. The monoisotopic (exact) mass is 341 g/mol. The largest absolute Gasteiger partial charge is 0.395 e. The van der Waals surface area contributed by atoms with E-state index in [1.54, 1.807) is 13.0 Å². The summed E-state index contributed by atoms with van der Waals surface area (Å²) in [5, 5.41) is 9.01. The molecule has 1 N–H and O–H groups in total. The summed E-state index contributed by atoms with van der Waals surface area (Å²) in [4.78, 5) is 0.0534. The summed E-state index contributed by atoms with van der Waals surface area (Å²) in [6.45, 7) is 1.84. The number of sulfonamides is 1. The van der Waals surface area contributed by atoms with Crippen molar-refractivity contribution >= 4 is 37.6 Å². The van der Waals surface area contributed by atoms with Crippen molar-refractivity contribution in [3.63, 3.8) is 0 Å². The maximum Gasteiger partial charge on any atom is 0.244 e. The lowest BCUT2D eigenvalue weighted by Gasteiger charge is -2.20. The second kappa shape index (κ2) is 6.15. The van der Waals surface area contributed by atoms with Crippen molar-refractivity contribution in [2.24, 2.45) is 0 Å². The van der Waals surface area contributed by atoms with E-state index >= 15 is 0 Å². The Bertz CT molecular complexity index is 492. The van der Waals surface area contributed by atoms with Gasteiger partial charge in [0.15, 0.2) is 0 Å². The number of aliphatic hydroxyl groups excluding tert-OH is 1. The maximum absolute atomic E-state index is 12.2. The minimum absolute atomic E-state index is 0.0534. The number of nitrogens with zero attached hydrogens (tertiary/aromatic N) is 1. The van der Waals surface area contributed by atoms with Gasteiger partial charge in [-0.25, -0.2) is 8.42 Å². The summed E-state index contributed by atoms with van der Waals surface area (Å²) in [5.74, 6) is 0. The molecule has 1 aromatic carbocycles. The summed E-state index contributed by atoms with van der Waals surface area (Å²) in [6, 6.07) is 4.59. The highest BCUT2D eigenvalue weighted by Crippen LogP contribution is 2.27. The van der Waals surface area contributed by atoms with Gasteiger partial charge in [-0.05, 0) is 18.2 Å². The molecule has 0 aliphatic carbocycles. The molecule has 0 saturated carbocycles. The molecule has 0 aromatic heterocycles. The zero-order valence-corrected chi connectivity index (χ0v) is 12.4. The Labute approximate surface area is 114 Å². The van der Waals surface area contributed by atoms with Crippen LogP contribution in [0.5, 0.6) is 0 Å². The van der Waals surface area contributed by atoms with Crippen molar-refractivity contribution in [2.75, 3.05) is 19.7 Å². The smallest absolute Gasteiger partial charge is 0.244 e. The van der Waals surface area contributed by atoms with Crippen molar-refractivity contribution in [1.29, 1.82) is 0 Å². The fraction of sp³-hybridized carbons (Fsp3) is 0.400. The average molecular weight is 343 g/mol. The first-order valence-electron chi connectivity index (χ1n) is 4.99. The van der Waals surface area contributed by atoms with Crippen LogP contribution in [-0.4, -0.2) is 37.5 Å². The lowest BCUT2D eigenvalue weighted by Crippen LogP contribution is -2.33. The van der Waals surface area contributed by atoms with Crippen LogP contribution in [0.2, 0.25) is 5.02 Å². The van der Waals surface area contributed by atoms with E-state index in [0.717, 1.165) is 0 Å². The molecule has 7 heteroatoms. The van der Waals surface area contributed by atoms with Crippen molar-refractivity contribution in [3.8, 4) is 0 Å². The van der Waals surface area contributed by atoms with E-state index in [0.29, 0.717) is 4.47 Å². The molecule has 96 valence electrons. The summed E-state index contributed by atoms with van der Waals surface area (Å²) < 4.78 is 26.3. The molecule has 0 heterocycles. The molecular formula is C10H13BrClNO3S. The van der Waals surface area contributed by atoms with Crippen LogP contribution in [0.15, 0.2) is 27.6 Å². The first kappa shape index (κ1) is 14.9. The Morgan fingerprint density at radius 3 is 2.59 bits per heavy atom. The Morgan fingerprint density at radius 2 is 2.12 bits per heavy atom. The summed E-state index contributed by atoms with van der Waals surface area (Å²) in [6.07, 6.45) is 0. The van der Waals surface area contributed by atoms with Gasteiger partial charge < -0.3 is 5.11 Å². The molecule has 0 atom stereocenters. The molecule has 0 unspecified atom stereocenters. The summed E-state index contributed by atoms with van der Waals surface area (Å²) in [5.41, 5.74) is 0. The Balaban J connectivity index is 3.20. The predicted octanol–water partition coefficient (Wildman–Crippen LogP) is 2.11. The van der Waals surface area contributed by atoms with Crippen LogP contribution in [0.1, 0.15) is 6.92 Å². The van der Waals surface area contributed by atoms with Crippen molar-refractivity contribution in [2.45, 2.75) is 11.8 Å². The number of rotatable bonds is 5. The number of aliphatic hydroxyl groups is 1. The van der Waals surface area contributed by atoms with Gasteiger partial charge in [-0.2, -0.15) is 4.31 Å². The van der Waals surface area contributed by atoms with Gasteiger partial charge in [0.1, 0.15) is 4.90 Å². The fourth-order valence-electron chi connectivity index (χ4n) is 1.38. The maximum atomic E-state index is 12.2. The molecule has 0 aliphatic heterocycles. The molecule has 4 nitrogen and oxygen atoms in total. The molecular weight excluding hydrogens is 330 g/mol. The first-order valence-corrected chi connectivity index (χ1v) is 7.60. The molecule has 1 rings (SSSR count). The van der Waals surface area contributed by atoms with E-state index in [4.69, 9.17) is 16.7 Å². The van der Waals surface area contributed by atoms with Crippen LogP contribution < -0.4 is 0 Å². The van der Waals surface area contributed by atoms with E-state index < -0.39 is 10.0 Å². The quantitative estimate of drug-likeness (QED) is 0.891. The van der Waals surface area contributed by atoms with Gasteiger partial charge in [-0.15, -0.1) is 0 Å². The second-order valence-electron chi connectivity index (χ2n) is 3.30. The molecule has 0 saturated heterocycles. The lowest BCUT2D eigenvalue weighted by atomic mass is 10.4.